The quantitative estimate of drug-likeness (QED) is 0.701. The highest BCUT2D eigenvalue weighted by molar-refractivity contribution is 9.10. The molecule has 0 aliphatic heterocycles. The van der Waals surface area contributed by atoms with Crippen LogP contribution in [-0.2, 0) is 4.79 Å². The molecule has 0 saturated carbocycles. The van der Waals surface area contributed by atoms with E-state index in [9.17, 15) is 4.79 Å². The Morgan fingerprint density at radius 3 is 2.83 bits per heavy atom. The summed E-state index contributed by atoms with van der Waals surface area (Å²) in [7, 11) is 0. The van der Waals surface area contributed by atoms with Crippen LogP contribution in [-0.4, -0.2) is 27.4 Å². The molecule has 3 aromatic heterocycles. The molecule has 0 aliphatic carbocycles. The molecule has 0 bridgehead atoms. The molecule has 122 valence electrons. The molecule has 3 rings (SSSR count). The summed E-state index contributed by atoms with van der Waals surface area (Å²) in [5, 5.41) is 6.01. The van der Waals surface area contributed by atoms with E-state index >= 15 is 0 Å². The number of rotatable bonds is 5. The van der Waals surface area contributed by atoms with E-state index in [4.69, 9.17) is 0 Å². The van der Waals surface area contributed by atoms with Crippen molar-refractivity contribution < 1.29 is 4.79 Å². The van der Waals surface area contributed by atoms with Crippen LogP contribution < -0.4 is 10.6 Å². The lowest BCUT2D eigenvalue weighted by molar-refractivity contribution is -0.116. The first-order valence-corrected chi connectivity index (χ1v) is 8.28. The van der Waals surface area contributed by atoms with Crippen LogP contribution in [0.25, 0.3) is 11.0 Å². The van der Waals surface area contributed by atoms with Crippen molar-refractivity contribution in [3.05, 3.63) is 52.9 Å². The van der Waals surface area contributed by atoms with Gasteiger partial charge < -0.3 is 10.6 Å². The van der Waals surface area contributed by atoms with E-state index in [2.05, 4.69) is 41.5 Å². The number of pyridine rings is 3. The zero-order chi connectivity index (χ0) is 16.9. The first-order valence-electron chi connectivity index (χ1n) is 7.48. The van der Waals surface area contributed by atoms with Crippen molar-refractivity contribution in [2.75, 3.05) is 17.2 Å². The SMILES string of the molecule is Cc1ccc(NC(=O)CCNc2ccnc3cc(Br)cnc23)nc1. The molecule has 2 N–H and O–H groups in total. The second-order valence-electron chi connectivity index (χ2n) is 5.33. The molecule has 1 amide bonds. The Balaban J connectivity index is 1.58. The van der Waals surface area contributed by atoms with Gasteiger partial charge in [0.1, 0.15) is 11.3 Å². The van der Waals surface area contributed by atoms with Crippen LogP contribution in [0.1, 0.15) is 12.0 Å². The first kappa shape index (κ1) is 16.3. The van der Waals surface area contributed by atoms with Gasteiger partial charge in [0.15, 0.2) is 0 Å². The van der Waals surface area contributed by atoms with E-state index in [0.29, 0.717) is 18.8 Å². The lowest BCUT2D eigenvalue weighted by Gasteiger charge is -2.09. The molecule has 7 heteroatoms. The summed E-state index contributed by atoms with van der Waals surface area (Å²) in [5.41, 5.74) is 3.48. The van der Waals surface area contributed by atoms with Crippen LogP contribution in [0.4, 0.5) is 11.5 Å². The Hall–Kier alpha value is -2.54. The minimum Gasteiger partial charge on any atom is -0.383 e. The van der Waals surface area contributed by atoms with E-state index in [-0.39, 0.29) is 5.91 Å². The Kier molecular flexibility index (Phi) is 5.00. The largest absolute Gasteiger partial charge is 0.383 e. The number of carbonyl (C=O) groups is 1. The number of nitrogens with one attached hydrogen (secondary N) is 2. The molecular formula is C17H16BrN5O. The third-order valence-electron chi connectivity index (χ3n) is 3.39. The van der Waals surface area contributed by atoms with Gasteiger partial charge in [0, 0.05) is 36.0 Å². The number of amides is 1. The van der Waals surface area contributed by atoms with E-state index in [1.165, 1.54) is 0 Å². The fraction of sp³-hybridized carbons (Fsp3) is 0.176. The lowest BCUT2D eigenvalue weighted by atomic mass is 10.2. The zero-order valence-electron chi connectivity index (χ0n) is 13.1. The maximum Gasteiger partial charge on any atom is 0.227 e. The topological polar surface area (TPSA) is 79.8 Å². The van der Waals surface area contributed by atoms with Crippen molar-refractivity contribution in [2.24, 2.45) is 0 Å². The normalized spacial score (nSPS) is 10.6. The summed E-state index contributed by atoms with van der Waals surface area (Å²) in [4.78, 5) is 24.8. The number of nitrogens with zero attached hydrogens (tertiary/aromatic N) is 3. The fourth-order valence-corrected chi connectivity index (χ4v) is 2.53. The smallest absolute Gasteiger partial charge is 0.227 e. The molecule has 0 aliphatic rings. The lowest BCUT2D eigenvalue weighted by Crippen LogP contribution is -2.17. The van der Waals surface area contributed by atoms with Crippen LogP contribution in [0.2, 0.25) is 0 Å². The van der Waals surface area contributed by atoms with Crippen LogP contribution >= 0.6 is 15.9 Å². The number of carbonyl (C=O) groups excluding carboxylic acids is 1. The monoisotopic (exact) mass is 385 g/mol. The Labute approximate surface area is 147 Å². The van der Waals surface area contributed by atoms with Gasteiger partial charge in [-0.05, 0) is 46.6 Å². The fourth-order valence-electron chi connectivity index (χ4n) is 2.21. The second-order valence-corrected chi connectivity index (χ2v) is 6.24. The van der Waals surface area contributed by atoms with Crippen molar-refractivity contribution in [3.8, 4) is 0 Å². The first-order chi connectivity index (χ1) is 11.6. The Bertz CT molecular complexity index is 866. The van der Waals surface area contributed by atoms with Gasteiger partial charge in [0.25, 0.3) is 0 Å². The molecule has 0 aromatic carbocycles. The van der Waals surface area contributed by atoms with Crippen LogP contribution in [0.5, 0.6) is 0 Å². The van der Waals surface area contributed by atoms with Gasteiger partial charge in [-0.2, -0.15) is 0 Å². The summed E-state index contributed by atoms with van der Waals surface area (Å²) in [6.07, 6.45) is 5.50. The van der Waals surface area contributed by atoms with Crippen LogP contribution in [0.15, 0.2) is 47.3 Å². The average molecular weight is 386 g/mol. The van der Waals surface area contributed by atoms with Crippen molar-refractivity contribution in [2.45, 2.75) is 13.3 Å². The molecule has 0 atom stereocenters. The van der Waals surface area contributed by atoms with Gasteiger partial charge in [-0.3, -0.25) is 14.8 Å². The van der Waals surface area contributed by atoms with E-state index in [1.807, 2.05) is 25.1 Å². The molecular weight excluding hydrogens is 370 g/mol. The van der Waals surface area contributed by atoms with Gasteiger partial charge in [-0.25, -0.2) is 4.98 Å². The minimum atomic E-state index is -0.0899. The molecule has 0 radical (unpaired) electrons. The third-order valence-corrected chi connectivity index (χ3v) is 3.82. The number of halogens is 1. The molecule has 24 heavy (non-hydrogen) atoms. The number of hydrogen-bond acceptors (Lipinski definition) is 5. The van der Waals surface area contributed by atoms with E-state index in [1.54, 1.807) is 24.7 Å². The standard InChI is InChI=1S/C17H16BrN5O/c1-11-2-3-15(21-9-11)23-16(24)5-7-19-13-4-6-20-14-8-12(18)10-22-17(13)14/h2-4,6,8-10H,5,7H2,1H3,(H,19,20)(H,21,23,24). The average Bonchev–Trinajstić information content (AvgIpc) is 2.57. The van der Waals surface area contributed by atoms with Gasteiger partial charge in [0.2, 0.25) is 5.91 Å². The number of hydrogen-bond donors (Lipinski definition) is 2. The van der Waals surface area contributed by atoms with Gasteiger partial charge >= 0.3 is 0 Å². The molecule has 3 aromatic rings. The van der Waals surface area contributed by atoms with Crippen molar-refractivity contribution in [3.63, 3.8) is 0 Å². The molecule has 0 unspecified atom stereocenters. The van der Waals surface area contributed by atoms with Gasteiger partial charge in [-0.1, -0.05) is 6.07 Å². The van der Waals surface area contributed by atoms with Gasteiger partial charge in [0.05, 0.1) is 11.2 Å². The molecule has 3 heterocycles. The summed E-state index contributed by atoms with van der Waals surface area (Å²) in [6, 6.07) is 7.46. The van der Waals surface area contributed by atoms with Crippen molar-refractivity contribution in [1.29, 1.82) is 0 Å². The highest BCUT2D eigenvalue weighted by Crippen LogP contribution is 2.21. The number of aryl methyl sites for hydroxylation is 1. The number of fused-ring (bicyclic) bond motifs is 1. The van der Waals surface area contributed by atoms with E-state index < -0.39 is 0 Å². The predicted molar refractivity (Wildman–Crippen MR) is 97.9 cm³/mol. The zero-order valence-corrected chi connectivity index (χ0v) is 14.7. The molecule has 6 nitrogen and oxygen atoms in total. The van der Waals surface area contributed by atoms with Crippen LogP contribution in [0, 0.1) is 6.92 Å². The summed E-state index contributed by atoms with van der Waals surface area (Å²) in [6.45, 7) is 2.45. The maximum atomic E-state index is 12.0. The summed E-state index contributed by atoms with van der Waals surface area (Å²) in [5.74, 6) is 0.472. The second kappa shape index (κ2) is 7.35. The summed E-state index contributed by atoms with van der Waals surface area (Å²) >= 11 is 3.38. The number of anilines is 2. The van der Waals surface area contributed by atoms with Crippen molar-refractivity contribution >= 4 is 44.4 Å². The molecule has 0 spiro atoms. The Morgan fingerprint density at radius 2 is 2.04 bits per heavy atom. The molecule has 0 fully saturated rings. The maximum absolute atomic E-state index is 12.0. The summed E-state index contributed by atoms with van der Waals surface area (Å²) < 4.78 is 0.879. The number of aromatic nitrogens is 3. The highest BCUT2D eigenvalue weighted by atomic mass is 79.9. The molecule has 0 saturated heterocycles. The van der Waals surface area contributed by atoms with Gasteiger partial charge in [-0.15, -0.1) is 0 Å². The van der Waals surface area contributed by atoms with Crippen LogP contribution in [0.3, 0.4) is 0 Å². The Morgan fingerprint density at radius 1 is 1.17 bits per heavy atom. The van der Waals surface area contributed by atoms with Crippen molar-refractivity contribution in [1.82, 2.24) is 15.0 Å². The predicted octanol–water partition coefficient (Wildman–Crippen LogP) is 3.54. The highest BCUT2D eigenvalue weighted by Gasteiger charge is 2.06. The van der Waals surface area contributed by atoms with E-state index in [0.717, 1.165) is 26.8 Å². The third kappa shape index (κ3) is 4.05. The minimum absolute atomic E-state index is 0.0899.